The van der Waals surface area contributed by atoms with Crippen molar-refractivity contribution in [1.82, 2.24) is 10.6 Å². The number of aliphatic imine (C=N–C) groups is 1. The molecule has 1 aromatic carbocycles. The van der Waals surface area contributed by atoms with Crippen molar-refractivity contribution in [3.8, 4) is 5.75 Å². The minimum atomic E-state index is -2.95. The highest BCUT2D eigenvalue weighted by Gasteiger charge is 2.10. The number of para-hydroxylation sites is 1. The lowest BCUT2D eigenvalue weighted by molar-refractivity contribution is 0.336. The molecule has 0 heterocycles. The van der Waals surface area contributed by atoms with E-state index in [0.29, 0.717) is 25.5 Å². The molecule has 0 spiro atoms. The van der Waals surface area contributed by atoms with E-state index in [9.17, 15) is 8.42 Å². The second kappa shape index (κ2) is 10.2. The Morgan fingerprint density at radius 2 is 2.00 bits per heavy atom. The van der Waals surface area contributed by atoms with Crippen molar-refractivity contribution in [2.45, 2.75) is 39.8 Å². The van der Waals surface area contributed by atoms with Crippen LogP contribution in [-0.4, -0.2) is 45.6 Å². The maximum absolute atomic E-state index is 11.3. The van der Waals surface area contributed by atoms with Gasteiger partial charge in [0.25, 0.3) is 0 Å². The van der Waals surface area contributed by atoms with Gasteiger partial charge in [0.2, 0.25) is 0 Å². The van der Waals surface area contributed by atoms with Crippen molar-refractivity contribution in [3.05, 3.63) is 29.8 Å². The number of hydrogen-bond donors (Lipinski definition) is 2. The fourth-order valence-corrected chi connectivity index (χ4v) is 2.89. The van der Waals surface area contributed by atoms with Crippen molar-refractivity contribution in [2.75, 3.05) is 25.2 Å². The van der Waals surface area contributed by atoms with Gasteiger partial charge >= 0.3 is 0 Å². The summed E-state index contributed by atoms with van der Waals surface area (Å²) in [5.41, 5.74) is 1.01. The zero-order valence-corrected chi connectivity index (χ0v) is 15.8. The van der Waals surface area contributed by atoms with Crippen LogP contribution in [0.1, 0.15) is 32.8 Å². The summed E-state index contributed by atoms with van der Waals surface area (Å²) in [6.45, 7) is 7.73. The Bertz CT molecular complexity index is 630. The number of nitrogens with zero attached hydrogens (tertiary/aromatic N) is 1. The SMILES string of the molecule is CCNC(=NCc1ccccc1OCC)NC(C)CCS(C)(=O)=O. The molecule has 24 heavy (non-hydrogen) atoms. The number of rotatable bonds is 9. The molecule has 0 saturated carbocycles. The first-order valence-corrected chi connectivity index (χ1v) is 10.3. The van der Waals surface area contributed by atoms with Crippen LogP contribution in [0.3, 0.4) is 0 Å². The van der Waals surface area contributed by atoms with Crippen LogP contribution in [-0.2, 0) is 16.4 Å². The van der Waals surface area contributed by atoms with Crippen LogP contribution in [0.25, 0.3) is 0 Å². The molecule has 0 radical (unpaired) electrons. The summed E-state index contributed by atoms with van der Waals surface area (Å²) in [6.07, 6.45) is 1.79. The van der Waals surface area contributed by atoms with E-state index < -0.39 is 9.84 Å². The topological polar surface area (TPSA) is 79.8 Å². The first-order valence-electron chi connectivity index (χ1n) is 8.29. The smallest absolute Gasteiger partial charge is 0.191 e. The van der Waals surface area contributed by atoms with Crippen LogP contribution in [0.2, 0.25) is 0 Å². The molecule has 0 aromatic heterocycles. The zero-order valence-electron chi connectivity index (χ0n) is 15.0. The van der Waals surface area contributed by atoms with Gasteiger partial charge in [-0.25, -0.2) is 13.4 Å². The van der Waals surface area contributed by atoms with Crippen LogP contribution in [0.15, 0.2) is 29.3 Å². The fourth-order valence-electron chi connectivity index (χ4n) is 2.11. The molecule has 1 atom stereocenters. The standard InChI is InChI=1S/C17H29N3O3S/c1-5-18-17(20-14(3)11-12-24(4,21)22)19-13-15-9-7-8-10-16(15)23-6-2/h7-10,14H,5-6,11-13H2,1-4H3,(H2,18,19,20). The minimum absolute atomic E-state index is 0.0136. The lowest BCUT2D eigenvalue weighted by Crippen LogP contribution is -2.42. The van der Waals surface area contributed by atoms with Crippen LogP contribution in [0.4, 0.5) is 0 Å². The molecule has 0 bridgehead atoms. The summed E-state index contributed by atoms with van der Waals surface area (Å²) in [4.78, 5) is 4.58. The van der Waals surface area contributed by atoms with Crippen molar-refractivity contribution in [1.29, 1.82) is 0 Å². The molecule has 136 valence electrons. The Morgan fingerprint density at radius 3 is 2.62 bits per heavy atom. The normalized spacial score (nSPS) is 13.4. The van der Waals surface area contributed by atoms with Gasteiger partial charge in [-0.3, -0.25) is 0 Å². The van der Waals surface area contributed by atoms with Gasteiger partial charge in [-0.2, -0.15) is 0 Å². The molecular formula is C17H29N3O3S. The summed E-state index contributed by atoms with van der Waals surface area (Å²) in [6, 6.07) is 7.84. The average Bonchev–Trinajstić information content (AvgIpc) is 2.52. The predicted molar refractivity (Wildman–Crippen MR) is 99.4 cm³/mol. The summed E-state index contributed by atoms with van der Waals surface area (Å²) >= 11 is 0. The summed E-state index contributed by atoms with van der Waals surface area (Å²) in [5.74, 6) is 1.67. The Labute approximate surface area is 145 Å². The minimum Gasteiger partial charge on any atom is -0.494 e. The highest BCUT2D eigenvalue weighted by molar-refractivity contribution is 7.90. The van der Waals surface area contributed by atoms with E-state index in [2.05, 4.69) is 15.6 Å². The van der Waals surface area contributed by atoms with E-state index in [1.165, 1.54) is 6.26 Å². The molecule has 1 rings (SSSR count). The largest absolute Gasteiger partial charge is 0.494 e. The number of sulfone groups is 1. The molecule has 1 unspecified atom stereocenters. The van der Waals surface area contributed by atoms with E-state index in [-0.39, 0.29) is 11.8 Å². The Hall–Kier alpha value is -1.76. The molecule has 0 amide bonds. The molecular weight excluding hydrogens is 326 g/mol. The third kappa shape index (κ3) is 8.19. The molecule has 2 N–H and O–H groups in total. The third-order valence-corrected chi connectivity index (χ3v) is 4.31. The fraction of sp³-hybridized carbons (Fsp3) is 0.588. The van der Waals surface area contributed by atoms with Gasteiger partial charge in [-0.05, 0) is 33.3 Å². The van der Waals surface area contributed by atoms with E-state index in [0.717, 1.165) is 17.9 Å². The van der Waals surface area contributed by atoms with Crippen LogP contribution in [0.5, 0.6) is 5.75 Å². The van der Waals surface area contributed by atoms with Gasteiger partial charge in [0.05, 0.1) is 18.9 Å². The van der Waals surface area contributed by atoms with Gasteiger partial charge in [-0.15, -0.1) is 0 Å². The first kappa shape index (κ1) is 20.3. The lowest BCUT2D eigenvalue weighted by atomic mass is 10.2. The average molecular weight is 356 g/mol. The molecule has 7 heteroatoms. The van der Waals surface area contributed by atoms with Crippen molar-refractivity contribution >= 4 is 15.8 Å². The summed E-state index contributed by atoms with van der Waals surface area (Å²) in [7, 11) is -2.95. The molecule has 0 fully saturated rings. The van der Waals surface area contributed by atoms with Crippen LogP contribution < -0.4 is 15.4 Å². The van der Waals surface area contributed by atoms with Crippen LogP contribution >= 0.6 is 0 Å². The van der Waals surface area contributed by atoms with E-state index in [1.807, 2.05) is 45.0 Å². The number of hydrogen-bond acceptors (Lipinski definition) is 4. The Morgan fingerprint density at radius 1 is 1.29 bits per heavy atom. The van der Waals surface area contributed by atoms with Gasteiger partial charge < -0.3 is 15.4 Å². The molecule has 0 aliphatic heterocycles. The number of benzene rings is 1. The predicted octanol–water partition coefficient (Wildman–Crippen LogP) is 1.96. The van der Waals surface area contributed by atoms with Gasteiger partial charge in [0.15, 0.2) is 5.96 Å². The van der Waals surface area contributed by atoms with Crippen molar-refractivity contribution in [3.63, 3.8) is 0 Å². The van der Waals surface area contributed by atoms with Crippen molar-refractivity contribution in [2.24, 2.45) is 4.99 Å². The number of nitrogens with one attached hydrogen (secondary N) is 2. The van der Waals surface area contributed by atoms with Crippen LogP contribution in [0, 0.1) is 0 Å². The number of guanidine groups is 1. The van der Waals surface area contributed by atoms with Crippen molar-refractivity contribution < 1.29 is 13.2 Å². The Balaban J connectivity index is 2.72. The number of ether oxygens (including phenoxy) is 1. The maximum Gasteiger partial charge on any atom is 0.191 e. The maximum atomic E-state index is 11.3. The lowest BCUT2D eigenvalue weighted by Gasteiger charge is -2.17. The summed E-state index contributed by atoms with van der Waals surface area (Å²) in [5, 5.41) is 6.43. The molecule has 0 aliphatic rings. The monoisotopic (exact) mass is 355 g/mol. The first-order chi connectivity index (χ1) is 11.4. The quantitative estimate of drug-likeness (QED) is 0.523. The molecule has 6 nitrogen and oxygen atoms in total. The molecule has 1 aromatic rings. The zero-order chi connectivity index (χ0) is 18.0. The highest BCUT2D eigenvalue weighted by Crippen LogP contribution is 2.18. The Kier molecular flexibility index (Phi) is 8.60. The van der Waals surface area contributed by atoms with Gasteiger partial charge in [-0.1, -0.05) is 18.2 Å². The second-order valence-electron chi connectivity index (χ2n) is 5.70. The second-order valence-corrected chi connectivity index (χ2v) is 7.96. The van der Waals surface area contributed by atoms with Gasteiger partial charge in [0.1, 0.15) is 15.6 Å². The molecule has 0 aliphatic carbocycles. The summed E-state index contributed by atoms with van der Waals surface area (Å²) < 4.78 is 28.1. The van der Waals surface area contributed by atoms with E-state index >= 15 is 0 Å². The molecule has 0 saturated heterocycles. The van der Waals surface area contributed by atoms with Gasteiger partial charge in [0, 0.05) is 24.4 Å². The van der Waals surface area contributed by atoms with E-state index in [1.54, 1.807) is 0 Å². The highest BCUT2D eigenvalue weighted by atomic mass is 32.2. The van der Waals surface area contributed by atoms with E-state index in [4.69, 9.17) is 4.74 Å². The third-order valence-electron chi connectivity index (χ3n) is 3.33.